The zero-order chi connectivity index (χ0) is 25.0. The minimum absolute atomic E-state index is 0.802. The number of hydrogen-bond donors (Lipinski definition) is 1. The van der Waals surface area contributed by atoms with Crippen LogP contribution in [0.2, 0.25) is 0 Å². The largest absolute Gasteiger partial charge is 0.369 e. The van der Waals surface area contributed by atoms with Gasteiger partial charge >= 0.3 is 0 Å². The van der Waals surface area contributed by atoms with Crippen LogP contribution in [0.5, 0.6) is 0 Å². The van der Waals surface area contributed by atoms with Crippen LogP contribution in [-0.4, -0.2) is 78.0 Å². The fourth-order valence-electron chi connectivity index (χ4n) is 4.08. The predicted molar refractivity (Wildman–Crippen MR) is 149 cm³/mol. The maximum absolute atomic E-state index is 4.91. The molecule has 35 heavy (non-hydrogen) atoms. The van der Waals surface area contributed by atoms with Gasteiger partial charge < -0.3 is 10.2 Å². The molecule has 1 aliphatic heterocycles. The second kappa shape index (κ2) is 14.1. The highest BCUT2D eigenvalue weighted by atomic mass is 15.3. The van der Waals surface area contributed by atoms with Crippen molar-refractivity contribution in [1.29, 1.82) is 0 Å². The minimum Gasteiger partial charge on any atom is -0.369 e. The summed E-state index contributed by atoms with van der Waals surface area (Å²) in [4.78, 5) is 17.0. The highest BCUT2D eigenvalue weighted by Gasteiger charge is 2.18. The summed E-state index contributed by atoms with van der Waals surface area (Å²) < 4.78 is 0. The first-order valence-corrected chi connectivity index (χ1v) is 13.0. The summed E-state index contributed by atoms with van der Waals surface area (Å²) in [5, 5.41) is 4.65. The molecule has 6 nitrogen and oxygen atoms in total. The monoisotopic (exact) mass is 476 g/mol. The van der Waals surface area contributed by atoms with Crippen molar-refractivity contribution >= 4 is 16.7 Å². The van der Waals surface area contributed by atoms with Crippen molar-refractivity contribution < 1.29 is 0 Å². The Morgan fingerprint density at radius 1 is 0.829 bits per heavy atom. The van der Waals surface area contributed by atoms with Gasteiger partial charge in [0.25, 0.3) is 0 Å². The maximum atomic E-state index is 4.91. The molecule has 1 aliphatic rings. The molecule has 1 aromatic heterocycles. The summed E-state index contributed by atoms with van der Waals surface area (Å²) in [5.74, 6) is 2.70. The molecule has 0 atom stereocenters. The molecule has 1 N–H and O–H groups in total. The Balaban J connectivity index is 0.000000795. The molecule has 0 radical (unpaired) electrons. The van der Waals surface area contributed by atoms with Gasteiger partial charge in [-0.15, -0.1) is 0 Å². The number of nitrogens with zero attached hydrogens (tertiary/aromatic N) is 5. The number of nitrogens with one attached hydrogen (secondary N) is 1. The van der Waals surface area contributed by atoms with Gasteiger partial charge in [-0.1, -0.05) is 63.2 Å². The Kier molecular flexibility index (Phi) is 10.9. The predicted octanol–water partition coefficient (Wildman–Crippen LogP) is 4.97. The van der Waals surface area contributed by atoms with Crippen LogP contribution in [0.4, 0.5) is 5.82 Å². The molecular weight excluding hydrogens is 432 g/mol. The Morgan fingerprint density at radius 3 is 2.09 bits per heavy atom. The van der Waals surface area contributed by atoms with Crippen molar-refractivity contribution in [3.8, 4) is 0 Å². The zero-order valence-electron chi connectivity index (χ0n) is 22.4. The third-order valence-corrected chi connectivity index (χ3v) is 5.80. The Bertz CT molecular complexity index is 994. The molecular formula is C29H44N6. The maximum Gasteiger partial charge on any atom is 0.145 e. The van der Waals surface area contributed by atoms with Crippen LogP contribution >= 0.6 is 0 Å². The molecule has 0 amide bonds. The number of benzene rings is 2. The first-order chi connectivity index (χ1) is 16.9. The molecule has 4 rings (SSSR count). The number of hydrogen-bond acceptors (Lipinski definition) is 6. The molecule has 0 aliphatic carbocycles. The van der Waals surface area contributed by atoms with Crippen molar-refractivity contribution in [2.24, 2.45) is 5.92 Å². The van der Waals surface area contributed by atoms with E-state index in [-0.39, 0.29) is 0 Å². The van der Waals surface area contributed by atoms with Crippen molar-refractivity contribution in [3.05, 3.63) is 66.0 Å². The third-order valence-electron chi connectivity index (χ3n) is 5.80. The van der Waals surface area contributed by atoms with Gasteiger partial charge in [0.15, 0.2) is 0 Å². The molecule has 190 valence electrons. The molecule has 2 aromatic carbocycles. The van der Waals surface area contributed by atoms with Gasteiger partial charge in [0.05, 0.1) is 12.1 Å². The zero-order valence-corrected chi connectivity index (χ0v) is 22.4. The van der Waals surface area contributed by atoms with E-state index in [1.807, 2.05) is 0 Å². The van der Waals surface area contributed by atoms with E-state index in [1.165, 1.54) is 5.56 Å². The van der Waals surface area contributed by atoms with E-state index in [0.29, 0.717) is 0 Å². The lowest BCUT2D eigenvalue weighted by Crippen LogP contribution is -2.45. The fraction of sp³-hybridized carbons (Fsp3) is 0.517. The SMILES string of the molecule is CC(C)C.CN(C)CCCNc1nc(CN2CCN(Cc3ccccc3)CC2)nc2ccccc12. The topological polar surface area (TPSA) is 47.5 Å². The summed E-state index contributed by atoms with van der Waals surface area (Å²) in [7, 11) is 4.22. The molecule has 0 unspecified atom stereocenters. The van der Waals surface area contributed by atoms with Crippen LogP contribution in [0.15, 0.2) is 54.6 Å². The van der Waals surface area contributed by atoms with Gasteiger partial charge in [0.2, 0.25) is 0 Å². The highest BCUT2D eigenvalue weighted by molar-refractivity contribution is 5.88. The Hall–Kier alpha value is -2.54. The number of fused-ring (bicyclic) bond motifs is 1. The van der Waals surface area contributed by atoms with E-state index in [2.05, 4.69) is 109 Å². The lowest BCUT2D eigenvalue weighted by Gasteiger charge is -2.34. The molecule has 1 fully saturated rings. The van der Waals surface area contributed by atoms with Gasteiger partial charge in [-0.05, 0) is 50.7 Å². The minimum atomic E-state index is 0.802. The number of para-hydroxylation sites is 1. The lowest BCUT2D eigenvalue weighted by atomic mass is 10.2. The molecule has 0 spiro atoms. The smallest absolute Gasteiger partial charge is 0.145 e. The molecule has 1 saturated heterocycles. The molecule has 0 saturated carbocycles. The highest BCUT2D eigenvalue weighted by Crippen LogP contribution is 2.21. The molecule has 3 aromatic rings. The average Bonchev–Trinajstić information content (AvgIpc) is 2.83. The number of piperazine rings is 1. The van der Waals surface area contributed by atoms with Gasteiger partial charge in [-0.3, -0.25) is 9.80 Å². The normalized spacial score (nSPS) is 14.8. The number of aromatic nitrogens is 2. The van der Waals surface area contributed by atoms with Gasteiger partial charge in [-0.2, -0.15) is 0 Å². The molecule has 0 bridgehead atoms. The van der Waals surface area contributed by atoms with E-state index in [0.717, 1.165) is 87.2 Å². The van der Waals surface area contributed by atoms with Gasteiger partial charge in [0, 0.05) is 44.7 Å². The first-order valence-electron chi connectivity index (χ1n) is 13.0. The summed E-state index contributed by atoms with van der Waals surface area (Å²) in [6, 6.07) is 19.0. The van der Waals surface area contributed by atoms with Crippen molar-refractivity contribution in [2.45, 2.75) is 40.3 Å². The van der Waals surface area contributed by atoms with Crippen LogP contribution in [0, 0.1) is 5.92 Å². The fourth-order valence-corrected chi connectivity index (χ4v) is 4.08. The average molecular weight is 477 g/mol. The summed E-state index contributed by atoms with van der Waals surface area (Å²) >= 11 is 0. The first kappa shape index (κ1) is 27.1. The van der Waals surface area contributed by atoms with Crippen LogP contribution in [0.25, 0.3) is 10.9 Å². The number of rotatable bonds is 9. The van der Waals surface area contributed by atoms with E-state index in [4.69, 9.17) is 9.97 Å². The quantitative estimate of drug-likeness (QED) is 0.440. The van der Waals surface area contributed by atoms with E-state index in [1.54, 1.807) is 0 Å². The summed E-state index contributed by atoms with van der Waals surface area (Å²) in [5.41, 5.74) is 2.41. The molecule has 6 heteroatoms. The second-order valence-corrected chi connectivity index (χ2v) is 10.4. The van der Waals surface area contributed by atoms with Crippen LogP contribution < -0.4 is 5.32 Å². The summed E-state index contributed by atoms with van der Waals surface area (Å²) in [6.45, 7) is 14.6. The van der Waals surface area contributed by atoms with Crippen molar-refractivity contribution in [2.75, 3.05) is 58.7 Å². The lowest BCUT2D eigenvalue weighted by molar-refractivity contribution is 0.120. The van der Waals surface area contributed by atoms with Gasteiger partial charge in [0.1, 0.15) is 11.6 Å². The number of anilines is 1. The Morgan fingerprint density at radius 2 is 1.43 bits per heavy atom. The van der Waals surface area contributed by atoms with Crippen LogP contribution in [0.1, 0.15) is 38.6 Å². The Labute approximate surface area is 212 Å². The van der Waals surface area contributed by atoms with E-state index < -0.39 is 0 Å². The van der Waals surface area contributed by atoms with Crippen LogP contribution in [0.3, 0.4) is 0 Å². The van der Waals surface area contributed by atoms with E-state index in [9.17, 15) is 0 Å². The molecule has 2 heterocycles. The van der Waals surface area contributed by atoms with Crippen molar-refractivity contribution in [1.82, 2.24) is 24.7 Å². The standard InChI is InChI=1S/C25H34N6.C4H10/c1-29(2)14-8-13-26-25-22-11-6-7-12-23(22)27-24(28-25)20-31-17-15-30(16-18-31)19-21-9-4-3-5-10-21;1-4(2)3/h3-7,9-12H,8,13-20H2,1-2H3,(H,26,27,28);4H,1-3H3. The van der Waals surface area contributed by atoms with Gasteiger partial charge in [-0.25, -0.2) is 9.97 Å². The third kappa shape index (κ3) is 9.55. The van der Waals surface area contributed by atoms with Crippen LogP contribution in [-0.2, 0) is 13.1 Å². The van der Waals surface area contributed by atoms with E-state index >= 15 is 0 Å². The van der Waals surface area contributed by atoms with Crippen molar-refractivity contribution in [3.63, 3.8) is 0 Å². The second-order valence-electron chi connectivity index (χ2n) is 10.4. The summed E-state index contributed by atoms with van der Waals surface area (Å²) in [6.07, 6.45) is 1.09.